The summed E-state index contributed by atoms with van der Waals surface area (Å²) in [5.74, 6) is -0.295. The fraction of sp³-hybridized carbons (Fsp3) is 0.636. The fourth-order valence-corrected chi connectivity index (χ4v) is 4.92. The van der Waals surface area contributed by atoms with E-state index >= 15 is 0 Å². The quantitative estimate of drug-likeness (QED) is 0.679. The Morgan fingerprint density at radius 1 is 1.00 bits per heavy atom. The first-order valence-electron chi connectivity index (χ1n) is 10.7. The second kappa shape index (κ2) is 8.62. The molecule has 0 unspecified atom stereocenters. The van der Waals surface area contributed by atoms with Crippen molar-refractivity contribution < 1.29 is 14.7 Å². The minimum Gasteiger partial charge on any atom is -0.391 e. The van der Waals surface area contributed by atoms with Crippen molar-refractivity contribution in [3.8, 4) is 0 Å². The van der Waals surface area contributed by atoms with Crippen LogP contribution in [0.5, 0.6) is 0 Å². The molecule has 2 aliphatic carbocycles. The Morgan fingerprint density at radius 3 is 2.36 bits per heavy atom. The summed E-state index contributed by atoms with van der Waals surface area (Å²) in [4.78, 5) is 27.5. The number of hydrogen-bond acceptors (Lipinski definition) is 4. The molecular formula is C22H31N3O3. The number of benzene rings is 1. The zero-order valence-corrected chi connectivity index (χ0v) is 16.4. The molecule has 3 atom stereocenters. The predicted molar refractivity (Wildman–Crippen MR) is 107 cm³/mol. The molecular weight excluding hydrogens is 354 g/mol. The van der Waals surface area contributed by atoms with Gasteiger partial charge in [0.1, 0.15) is 0 Å². The highest BCUT2D eigenvalue weighted by Gasteiger charge is 2.39. The maximum atomic E-state index is 12.7. The third kappa shape index (κ3) is 4.39. The second-order valence-corrected chi connectivity index (χ2v) is 8.56. The van der Waals surface area contributed by atoms with Gasteiger partial charge >= 0.3 is 0 Å². The molecule has 28 heavy (non-hydrogen) atoms. The Labute approximate surface area is 166 Å². The first-order valence-corrected chi connectivity index (χ1v) is 10.7. The largest absolute Gasteiger partial charge is 0.391 e. The van der Waals surface area contributed by atoms with Crippen molar-refractivity contribution in [1.82, 2.24) is 15.5 Å². The van der Waals surface area contributed by atoms with Gasteiger partial charge in [-0.25, -0.2) is 0 Å². The van der Waals surface area contributed by atoms with E-state index in [0.29, 0.717) is 19.4 Å². The van der Waals surface area contributed by atoms with Crippen LogP contribution in [0.4, 0.5) is 0 Å². The summed E-state index contributed by atoms with van der Waals surface area (Å²) in [7, 11) is 0. The van der Waals surface area contributed by atoms with Gasteiger partial charge in [0.25, 0.3) is 0 Å². The molecule has 0 spiro atoms. The maximum absolute atomic E-state index is 12.7. The third-order valence-corrected chi connectivity index (χ3v) is 6.58. The van der Waals surface area contributed by atoms with E-state index in [4.69, 9.17) is 0 Å². The molecule has 1 heterocycles. The smallest absolute Gasteiger partial charge is 0.224 e. The first-order chi connectivity index (χ1) is 13.6. The fourth-order valence-electron chi connectivity index (χ4n) is 4.92. The van der Waals surface area contributed by atoms with Crippen molar-refractivity contribution in [3.63, 3.8) is 0 Å². The lowest BCUT2D eigenvalue weighted by Crippen LogP contribution is -2.43. The highest BCUT2D eigenvalue weighted by atomic mass is 16.3. The van der Waals surface area contributed by atoms with Gasteiger partial charge in [-0.05, 0) is 62.7 Å². The second-order valence-electron chi connectivity index (χ2n) is 8.56. The van der Waals surface area contributed by atoms with Crippen molar-refractivity contribution in [2.45, 2.75) is 50.7 Å². The number of nitrogens with zero attached hydrogens (tertiary/aromatic N) is 1. The molecule has 3 N–H and O–H groups in total. The van der Waals surface area contributed by atoms with Crippen molar-refractivity contribution in [2.24, 2.45) is 11.8 Å². The Balaban J connectivity index is 1.22. The Morgan fingerprint density at radius 2 is 1.68 bits per heavy atom. The molecule has 1 aliphatic heterocycles. The molecule has 0 aromatic heterocycles. The average Bonchev–Trinajstić information content (AvgIpc) is 3.42. The van der Waals surface area contributed by atoms with E-state index < -0.39 is 6.10 Å². The first kappa shape index (κ1) is 19.4. The molecule has 6 nitrogen and oxygen atoms in total. The SMILES string of the molecule is O=C(N[C@H]1C[C@H](C(=O)NCCN2CCCC2)C[C@@H]1O)C1Cc2ccccc2C1. The number of carbonyl (C=O) groups is 2. The lowest BCUT2D eigenvalue weighted by Gasteiger charge is -2.19. The van der Waals surface area contributed by atoms with Crippen molar-refractivity contribution in [1.29, 1.82) is 0 Å². The number of aliphatic hydroxyl groups excluding tert-OH is 1. The summed E-state index contributed by atoms with van der Waals surface area (Å²) in [6.45, 7) is 3.79. The maximum Gasteiger partial charge on any atom is 0.224 e. The van der Waals surface area contributed by atoms with Gasteiger partial charge in [-0.15, -0.1) is 0 Å². The van der Waals surface area contributed by atoms with Crippen LogP contribution in [0, 0.1) is 11.8 Å². The lowest BCUT2D eigenvalue weighted by atomic mass is 10.0. The summed E-state index contributed by atoms with van der Waals surface area (Å²) in [5, 5.41) is 16.4. The molecule has 1 aromatic rings. The highest BCUT2D eigenvalue weighted by molar-refractivity contribution is 5.82. The number of fused-ring (bicyclic) bond motifs is 1. The number of amides is 2. The molecule has 1 saturated carbocycles. The van der Waals surface area contributed by atoms with Crippen molar-refractivity contribution in [3.05, 3.63) is 35.4 Å². The van der Waals surface area contributed by atoms with Crippen LogP contribution < -0.4 is 10.6 Å². The third-order valence-electron chi connectivity index (χ3n) is 6.58. The van der Waals surface area contributed by atoms with E-state index in [0.717, 1.165) is 32.5 Å². The van der Waals surface area contributed by atoms with Crippen LogP contribution in [0.15, 0.2) is 24.3 Å². The molecule has 3 aliphatic rings. The van der Waals surface area contributed by atoms with Gasteiger partial charge in [-0.2, -0.15) is 0 Å². The van der Waals surface area contributed by atoms with Gasteiger partial charge in [0.2, 0.25) is 11.8 Å². The molecule has 1 saturated heterocycles. The van der Waals surface area contributed by atoms with E-state index in [-0.39, 0.29) is 29.7 Å². The average molecular weight is 386 g/mol. The minimum atomic E-state index is -0.651. The van der Waals surface area contributed by atoms with Crippen LogP contribution >= 0.6 is 0 Å². The van der Waals surface area contributed by atoms with E-state index in [1.165, 1.54) is 24.0 Å². The number of hydrogen-bond donors (Lipinski definition) is 3. The van der Waals surface area contributed by atoms with E-state index in [9.17, 15) is 14.7 Å². The molecule has 4 rings (SSSR count). The molecule has 0 bridgehead atoms. The number of rotatable bonds is 6. The highest BCUT2D eigenvalue weighted by Crippen LogP contribution is 2.29. The molecule has 1 aromatic carbocycles. The number of carbonyl (C=O) groups excluding carboxylic acids is 2. The van der Waals surface area contributed by atoms with Crippen LogP contribution in [0.3, 0.4) is 0 Å². The van der Waals surface area contributed by atoms with Gasteiger partial charge in [0.15, 0.2) is 0 Å². The van der Waals surface area contributed by atoms with Crippen LogP contribution in [-0.4, -0.2) is 60.1 Å². The van der Waals surface area contributed by atoms with Gasteiger partial charge in [0, 0.05) is 24.9 Å². The van der Waals surface area contributed by atoms with Gasteiger partial charge in [-0.3, -0.25) is 9.59 Å². The van der Waals surface area contributed by atoms with Crippen LogP contribution in [0.2, 0.25) is 0 Å². The molecule has 6 heteroatoms. The standard InChI is InChI=1S/C22H31N3O3/c26-20-14-18(21(27)23-7-10-25-8-3-4-9-25)13-19(20)24-22(28)17-11-15-5-1-2-6-16(15)12-17/h1-2,5-6,17-20,26H,3-4,7-14H2,(H,23,27)(H,24,28)/t18-,19-,20-/m0/s1. The van der Waals surface area contributed by atoms with Gasteiger partial charge in [-0.1, -0.05) is 24.3 Å². The summed E-state index contributed by atoms with van der Waals surface area (Å²) in [6.07, 6.45) is 4.29. The van der Waals surface area contributed by atoms with Crippen LogP contribution in [-0.2, 0) is 22.4 Å². The normalized spacial score (nSPS) is 27.7. The van der Waals surface area contributed by atoms with Gasteiger partial charge in [0.05, 0.1) is 12.1 Å². The Kier molecular flexibility index (Phi) is 5.97. The van der Waals surface area contributed by atoms with Crippen molar-refractivity contribution in [2.75, 3.05) is 26.2 Å². The van der Waals surface area contributed by atoms with E-state index in [1.54, 1.807) is 0 Å². The Bertz CT molecular complexity index is 692. The number of nitrogens with one attached hydrogen (secondary N) is 2. The summed E-state index contributed by atoms with van der Waals surface area (Å²) in [5.41, 5.74) is 2.48. The number of likely N-dealkylation sites (tertiary alicyclic amines) is 1. The van der Waals surface area contributed by atoms with Gasteiger partial charge < -0.3 is 20.6 Å². The van der Waals surface area contributed by atoms with Crippen molar-refractivity contribution >= 4 is 11.8 Å². The summed E-state index contributed by atoms with van der Waals surface area (Å²) in [6, 6.07) is 7.84. The van der Waals surface area contributed by atoms with Crippen LogP contribution in [0.1, 0.15) is 36.8 Å². The summed E-state index contributed by atoms with van der Waals surface area (Å²) < 4.78 is 0. The Hall–Kier alpha value is -1.92. The van der Waals surface area contributed by atoms with Crippen LogP contribution in [0.25, 0.3) is 0 Å². The molecule has 2 amide bonds. The molecule has 152 valence electrons. The molecule has 0 radical (unpaired) electrons. The minimum absolute atomic E-state index is 0.00303. The summed E-state index contributed by atoms with van der Waals surface area (Å²) >= 11 is 0. The van der Waals surface area contributed by atoms with E-state index in [2.05, 4.69) is 27.7 Å². The monoisotopic (exact) mass is 385 g/mol. The lowest BCUT2D eigenvalue weighted by molar-refractivity contribution is -0.127. The van der Waals surface area contributed by atoms with E-state index in [1.807, 2.05) is 12.1 Å². The zero-order valence-electron chi connectivity index (χ0n) is 16.4. The number of aliphatic hydroxyl groups is 1. The molecule has 2 fully saturated rings. The zero-order chi connectivity index (χ0) is 19.5. The topological polar surface area (TPSA) is 81.7 Å². The predicted octanol–water partition coefficient (Wildman–Crippen LogP) is 0.869.